The zero-order chi connectivity index (χ0) is 10.6. The van der Waals surface area contributed by atoms with E-state index in [9.17, 15) is 4.79 Å². The Kier molecular flexibility index (Phi) is 5.76. The average Bonchev–Trinajstić information content (AvgIpc) is 2.18. The summed E-state index contributed by atoms with van der Waals surface area (Å²) < 4.78 is 0.702. The fourth-order valence-electron chi connectivity index (χ4n) is 1.93. The third-order valence-electron chi connectivity index (χ3n) is 2.96. The number of hydrogen-bond donors (Lipinski definition) is 1. The molecular weight excluding hydrogens is 386 g/mol. The molecule has 1 amide bonds. The molecule has 0 aromatic rings. The first-order chi connectivity index (χ1) is 6.65. The van der Waals surface area contributed by atoms with Crippen LogP contribution >= 0.6 is 8.25 Å². The number of nitrogens with one attached hydrogen (secondary N) is 1. The second-order valence-corrected chi connectivity index (χ2v) is 12.5. The molecule has 1 fully saturated rings. The van der Waals surface area contributed by atoms with E-state index in [2.05, 4.69) is 5.32 Å². The number of carbonyl (C=O) groups is 1. The van der Waals surface area contributed by atoms with Gasteiger partial charge in [-0.3, -0.25) is 0 Å². The second-order valence-electron chi connectivity index (χ2n) is 4.47. The van der Waals surface area contributed by atoms with Crippen molar-refractivity contribution in [3.8, 4) is 0 Å². The minimum atomic E-state index is -1.18. The summed E-state index contributed by atoms with van der Waals surface area (Å²) in [5.74, 6) is 0.296. The Labute approximate surface area is 102 Å². The van der Waals surface area contributed by atoms with Gasteiger partial charge in [-0.25, -0.2) is 0 Å². The molecule has 1 N–H and O–H groups in total. The molecule has 0 aromatic heterocycles. The van der Waals surface area contributed by atoms with Gasteiger partial charge in [0, 0.05) is 0 Å². The molecule has 1 aliphatic carbocycles. The van der Waals surface area contributed by atoms with Gasteiger partial charge in [0.05, 0.1) is 0 Å². The molecular formula is C10H18ClHgNO. The standard InChI is InChI=1S/C10H18NO.ClH.Hg/c1-8(2)10(12)11-9-6-4-3-5-7-9;;/h6,8-9H,3-5,7H2,1-2H3,(H,11,12);1H;/q;;+1/p-1. The monoisotopic (exact) mass is 405 g/mol. The van der Waals surface area contributed by atoms with E-state index < -0.39 is 23.3 Å². The Morgan fingerprint density at radius 3 is 2.64 bits per heavy atom. The molecule has 4 heteroatoms. The van der Waals surface area contributed by atoms with Gasteiger partial charge in [0.25, 0.3) is 0 Å². The molecule has 14 heavy (non-hydrogen) atoms. The second kappa shape index (κ2) is 6.32. The summed E-state index contributed by atoms with van der Waals surface area (Å²) in [5, 5.41) is 3.15. The van der Waals surface area contributed by atoms with Crippen molar-refractivity contribution in [1.29, 1.82) is 0 Å². The van der Waals surface area contributed by atoms with E-state index in [0.29, 0.717) is 9.47 Å². The van der Waals surface area contributed by atoms with Crippen LogP contribution in [0.1, 0.15) is 39.5 Å². The molecule has 78 valence electrons. The number of amides is 1. The molecule has 0 heterocycles. The SMILES string of the molecule is CC(C)C(=O)NC1CCCC[CH]1[Hg][Cl]. The van der Waals surface area contributed by atoms with Crippen LogP contribution in [0.25, 0.3) is 0 Å². The van der Waals surface area contributed by atoms with Crippen molar-refractivity contribution in [1.82, 2.24) is 5.32 Å². The molecule has 0 aliphatic heterocycles. The minimum absolute atomic E-state index is 0.101. The normalized spacial score (nSPS) is 27.1. The van der Waals surface area contributed by atoms with Crippen molar-refractivity contribution in [2.45, 2.75) is 49.0 Å². The molecule has 0 saturated heterocycles. The van der Waals surface area contributed by atoms with Crippen molar-refractivity contribution in [3.05, 3.63) is 0 Å². The maximum atomic E-state index is 11.5. The first kappa shape index (κ1) is 12.8. The zero-order valence-corrected chi connectivity index (χ0v) is 15.3. The van der Waals surface area contributed by atoms with Gasteiger partial charge in [0.15, 0.2) is 0 Å². The van der Waals surface area contributed by atoms with Crippen molar-refractivity contribution in [2.24, 2.45) is 5.92 Å². The molecule has 0 radical (unpaired) electrons. The molecule has 0 aromatic carbocycles. The van der Waals surface area contributed by atoms with E-state index >= 15 is 0 Å². The number of halogens is 1. The fraction of sp³-hybridized carbons (Fsp3) is 0.900. The van der Waals surface area contributed by atoms with E-state index in [0.717, 1.165) is 6.42 Å². The van der Waals surface area contributed by atoms with Gasteiger partial charge < -0.3 is 0 Å². The third-order valence-corrected chi connectivity index (χ3v) is 11.8. The first-order valence-electron chi connectivity index (χ1n) is 5.51. The van der Waals surface area contributed by atoms with E-state index in [4.69, 9.17) is 8.25 Å². The summed E-state index contributed by atoms with van der Waals surface area (Å²) in [4.78, 5) is 11.5. The molecule has 2 unspecified atom stereocenters. The van der Waals surface area contributed by atoms with Gasteiger partial charge in [-0.05, 0) is 0 Å². The van der Waals surface area contributed by atoms with Crippen LogP contribution in [-0.4, -0.2) is 11.9 Å². The fourth-order valence-corrected chi connectivity index (χ4v) is 9.11. The van der Waals surface area contributed by atoms with Crippen LogP contribution in [0, 0.1) is 5.92 Å². The molecule has 2 atom stereocenters. The van der Waals surface area contributed by atoms with E-state index in [1.54, 1.807) is 0 Å². The number of hydrogen-bond acceptors (Lipinski definition) is 1. The summed E-state index contributed by atoms with van der Waals surface area (Å²) >= 11 is -1.18. The molecule has 1 saturated carbocycles. The van der Waals surface area contributed by atoms with Gasteiger partial charge in [0.1, 0.15) is 0 Å². The average molecular weight is 404 g/mol. The Morgan fingerprint density at radius 1 is 1.43 bits per heavy atom. The Morgan fingerprint density at radius 2 is 2.07 bits per heavy atom. The van der Waals surface area contributed by atoms with Crippen molar-refractivity contribution in [2.75, 3.05) is 0 Å². The quantitative estimate of drug-likeness (QED) is 0.721. The van der Waals surface area contributed by atoms with Crippen molar-refractivity contribution in [3.63, 3.8) is 0 Å². The number of rotatable bonds is 3. The molecule has 2 nitrogen and oxygen atoms in total. The van der Waals surface area contributed by atoms with Crippen LogP contribution in [0.15, 0.2) is 0 Å². The maximum absolute atomic E-state index is 11.5. The predicted molar refractivity (Wildman–Crippen MR) is 54.8 cm³/mol. The molecule has 1 aliphatic rings. The van der Waals surface area contributed by atoms with Gasteiger partial charge >= 0.3 is 103 Å². The predicted octanol–water partition coefficient (Wildman–Crippen LogP) is 2.73. The van der Waals surface area contributed by atoms with Gasteiger partial charge in [0.2, 0.25) is 0 Å². The van der Waals surface area contributed by atoms with Crippen LogP contribution in [0.3, 0.4) is 0 Å². The van der Waals surface area contributed by atoms with Crippen LogP contribution in [-0.2, 0) is 28.1 Å². The summed E-state index contributed by atoms with van der Waals surface area (Å²) in [7, 11) is 6.11. The van der Waals surface area contributed by atoms with E-state index in [1.807, 2.05) is 13.8 Å². The Hall–Kier alpha value is 0.695. The van der Waals surface area contributed by atoms with Crippen molar-refractivity contribution < 1.29 is 28.1 Å². The summed E-state index contributed by atoms with van der Waals surface area (Å²) in [6.07, 6.45) is 4.97. The summed E-state index contributed by atoms with van der Waals surface area (Å²) in [5.41, 5.74) is 0. The van der Waals surface area contributed by atoms with Gasteiger partial charge in [-0.15, -0.1) is 0 Å². The summed E-state index contributed by atoms with van der Waals surface area (Å²) in [6.45, 7) is 3.89. The zero-order valence-electron chi connectivity index (χ0n) is 9.05. The van der Waals surface area contributed by atoms with Crippen LogP contribution in [0.4, 0.5) is 0 Å². The third kappa shape index (κ3) is 3.69. The van der Waals surface area contributed by atoms with Gasteiger partial charge in [-0.2, -0.15) is 0 Å². The molecule has 0 bridgehead atoms. The van der Waals surface area contributed by atoms with Crippen LogP contribution in [0.2, 0.25) is 3.43 Å². The van der Waals surface area contributed by atoms with Crippen LogP contribution < -0.4 is 5.32 Å². The van der Waals surface area contributed by atoms with Crippen LogP contribution in [0.5, 0.6) is 0 Å². The topological polar surface area (TPSA) is 29.1 Å². The van der Waals surface area contributed by atoms with E-state index in [1.165, 1.54) is 19.3 Å². The van der Waals surface area contributed by atoms with Gasteiger partial charge in [-0.1, -0.05) is 0 Å². The molecule has 0 spiro atoms. The summed E-state index contributed by atoms with van der Waals surface area (Å²) in [6, 6.07) is 0.415. The van der Waals surface area contributed by atoms with Crippen molar-refractivity contribution >= 4 is 14.2 Å². The number of carbonyl (C=O) groups excluding carboxylic acids is 1. The molecule has 1 rings (SSSR count). The first-order valence-corrected chi connectivity index (χ1v) is 15.5. The Balaban J connectivity index is 2.44. The van der Waals surface area contributed by atoms with E-state index in [-0.39, 0.29) is 11.8 Å². The Bertz CT molecular complexity index is 199.